The molecule has 1 aliphatic carbocycles. The topological polar surface area (TPSA) is 94.6 Å². The molecule has 35 heavy (non-hydrogen) atoms. The molecule has 1 amide bonds. The molecule has 0 radical (unpaired) electrons. The van der Waals surface area contributed by atoms with Crippen molar-refractivity contribution in [3.8, 4) is 11.4 Å². The van der Waals surface area contributed by atoms with Crippen molar-refractivity contribution in [3.63, 3.8) is 0 Å². The number of rotatable bonds is 11. The monoisotopic (exact) mass is 476 g/mol. The molecule has 2 unspecified atom stereocenters. The molecule has 6 nitrogen and oxygen atoms in total. The van der Waals surface area contributed by atoms with Gasteiger partial charge in [0.1, 0.15) is 5.75 Å². The molecule has 0 spiro atoms. The highest BCUT2D eigenvalue weighted by molar-refractivity contribution is 5.90. The van der Waals surface area contributed by atoms with Gasteiger partial charge >= 0.3 is 5.97 Å². The van der Waals surface area contributed by atoms with Crippen LogP contribution in [0.3, 0.4) is 0 Å². The van der Waals surface area contributed by atoms with Gasteiger partial charge in [-0.1, -0.05) is 38.5 Å². The van der Waals surface area contributed by atoms with Gasteiger partial charge in [0, 0.05) is 22.7 Å². The SMILES string of the molecule is CCc1cc2c(cc1OCCC(=O)O)c1c(n2-c2ccccc2)C(CCCC(C)C(N)=O)CCC1. The standard InChI is InChI=1S/C29H36N2O4/c1-3-20-17-25-24(18-26(20)35-16-15-27(32)33)23-14-8-11-21(10-7-9-19(2)29(30)34)28(23)31(25)22-12-5-4-6-13-22/h4-6,12-13,17-19,21H,3,7-11,14-16H2,1-2H3,(H2,30,34)(H,32,33). The normalized spacial score (nSPS) is 16.1. The van der Waals surface area contributed by atoms with Gasteiger partial charge in [-0.05, 0) is 79.8 Å². The summed E-state index contributed by atoms with van der Waals surface area (Å²) in [6.07, 6.45) is 6.86. The fourth-order valence-corrected chi connectivity index (χ4v) is 5.40. The second-order valence-corrected chi connectivity index (χ2v) is 9.68. The predicted molar refractivity (Wildman–Crippen MR) is 138 cm³/mol. The summed E-state index contributed by atoms with van der Waals surface area (Å²) in [7, 11) is 0. The van der Waals surface area contributed by atoms with Gasteiger partial charge in [-0.2, -0.15) is 0 Å². The van der Waals surface area contributed by atoms with Crippen molar-refractivity contribution in [2.24, 2.45) is 11.7 Å². The molecule has 1 aromatic heterocycles. The van der Waals surface area contributed by atoms with E-state index in [9.17, 15) is 9.59 Å². The Bertz CT molecular complexity index is 1200. The zero-order chi connectivity index (χ0) is 24.9. The Labute approximate surface area is 207 Å². The summed E-state index contributed by atoms with van der Waals surface area (Å²) >= 11 is 0. The summed E-state index contributed by atoms with van der Waals surface area (Å²) < 4.78 is 8.38. The Morgan fingerprint density at radius 2 is 2.00 bits per heavy atom. The second kappa shape index (κ2) is 11.0. The first-order valence-electron chi connectivity index (χ1n) is 12.8. The molecule has 0 fully saturated rings. The van der Waals surface area contributed by atoms with Gasteiger partial charge in [0.15, 0.2) is 0 Å². The number of amides is 1. The molecular weight excluding hydrogens is 440 g/mol. The van der Waals surface area contributed by atoms with E-state index in [4.69, 9.17) is 15.6 Å². The average Bonchev–Trinajstić information content (AvgIpc) is 3.17. The van der Waals surface area contributed by atoms with Crippen LogP contribution < -0.4 is 10.5 Å². The number of nitrogens with zero attached hydrogens (tertiary/aromatic N) is 1. The van der Waals surface area contributed by atoms with Gasteiger partial charge in [0.05, 0.1) is 18.5 Å². The molecule has 3 N–H and O–H groups in total. The van der Waals surface area contributed by atoms with E-state index in [1.54, 1.807) is 0 Å². The van der Waals surface area contributed by atoms with Crippen LogP contribution in [-0.2, 0) is 22.4 Å². The van der Waals surface area contributed by atoms with Crippen molar-refractivity contribution in [2.45, 2.75) is 71.1 Å². The minimum atomic E-state index is -0.856. The first-order valence-corrected chi connectivity index (χ1v) is 12.8. The van der Waals surface area contributed by atoms with E-state index in [-0.39, 0.29) is 24.9 Å². The lowest BCUT2D eigenvalue weighted by Gasteiger charge is -2.26. The van der Waals surface area contributed by atoms with E-state index in [1.165, 1.54) is 22.2 Å². The maximum atomic E-state index is 11.5. The van der Waals surface area contributed by atoms with E-state index in [2.05, 4.69) is 47.9 Å². The van der Waals surface area contributed by atoms with Gasteiger partial charge in [-0.3, -0.25) is 9.59 Å². The van der Waals surface area contributed by atoms with E-state index in [0.717, 1.165) is 61.9 Å². The van der Waals surface area contributed by atoms with Crippen LogP contribution in [0.4, 0.5) is 0 Å². The van der Waals surface area contributed by atoms with E-state index >= 15 is 0 Å². The number of carbonyl (C=O) groups is 2. The number of hydrogen-bond donors (Lipinski definition) is 2. The number of carbonyl (C=O) groups excluding carboxylic acids is 1. The largest absolute Gasteiger partial charge is 0.493 e. The first-order chi connectivity index (χ1) is 16.9. The zero-order valence-corrected chi connectivity index (χ0v) is 20.8. The fourth-order valence-electron chi connectivity index (χ4n) is 5.40. The van der Waals surface area contributed by atoms with Crippen LogP contribution in [0.1, 0.15) is 75.1 Å². The van der Waals surface area contributed by atoms with E-state index in [1.807, 2.05) is 13.0 Å². The van der Waals surface area contributed by atoms with Crippen molar-refractivity contribution in [1.82, 2.24) is 4.57 Å². The number of carboxylic acids is 1. The number of hydrogen-bond acceptors (Lipinski definition) is 3. The number of para-hydroxylation sites is 1. The molecule has 4 rings (SSSR count). The van der Waals surface area contributed by atoms with Gasteiger partial charge in [0.2, 0.25) is 5.91 Å². The van der Waals surface area contributed by atoms with Crippen molar-refractivity contribution in [3.05, 3.63) is 59.3 Å². The van der Waals surface area contributed by atoms with Gasteiger partial charge in [-0.15, -0.1) is 0 Å². The lowest BCUT2D eigenvalue weighted by atomic mass is 9.83. The molecule has 0 saturated carbocycles. The molecule has 3 aromatic rings. The number of fused-ring (bicyclic) bond motifs is 3. The summed E-state index contributed by atoms with van der Waals surface area (Å²) in [5.41, 5.74) is 11.6. The summed E-state index contributed by atoms with van der Waals surface area (Å²) in [6.45, 7) is 4.17. The Kier molecular flexibility index (Phi) is 7.79. The number of aryl methyl sites for hydroxylation is 2. The van der Waals surface area contributed by atoms with Crippen LogP contribution in [-0.4, -0.2) is 28.2 Å². The summed E-state index contributed by atoms with van der Waals surface area (Å²) in [5.74, 6) is 0.00991. The Balaban J connectivity index is 1.79. The molecular formula is C29H36N2O4. The fraction of sp³-hybridized carbons (Fsp3) is 0.448. The second-order valence-electron chi connectivity index (χ2n) is 9.68. The highest BCUT2D eigenvalue weighted by Crippen LogP contribution is 2.44. The Hall–Kier alpha value is -3.28. The highest BCUT2D eigenvalue weighted by Gasteiger charge is 2.29. The molecule has 6 heteroatoms. The highest BCUT2D eigenvalue weighted by atomic mass is 16.5. The molecule has 0 bridgehead atoms. The lowest BCUT2D eigenvalue weighted by Crippen LogP contribution is -2.20. The third kappa shape index (κ3) is 5.37. The van der Waals surface area contributed by atoms with Crippen molar-refractivity contribution in [2.75, 3.05) is 6.61 Å². The maximum Gasteiger partial charge on any atom is 0.306 e. The third-order valence-electron chi connectivity index (χ3n) is 7.31. The number of benzene rings is 2. The van der Waals surface area contributed by atoms with Gasteiger partial charge in [-0.25, -0.2) is 0 Å². The number of aromatic nitrogens is 1. The third-order valence-corrected chi connectivity index (χ3v) is 7.31. The Morgan fingerprint density at radius 3 is 2.69 bits per heavy atom. The van der Waals surface area contributed by atoms with Crippen molar-refractivity contribution >= 4 is 22.8 Å². The molecule has 0 saturated heterocycles. The van der Waals surface area contributed by atoms with Crippen LogP contribution in [0, 0.1) is 5.92 Å². The number of carboxylic acid groups (broad SMARTS) is 1. The Morgan fingerprint density at radius 1 is 1.23 bits per heavy atom. The van der Waals surface area contributed by atoms with Crippen LogP contribution in [0.5, 0.6) is 5.75 Å². The van der Waals surface area contributed by atoms with Gasteiger partial charge < -0.3 is 20.1 Å². The summed E-state index contributed by atoms with van der Waals surface area (Å²) in [4.78, 5) is 22.5. The van der Waals surface area contributed by atoms with Crippen LogP contribution >= 0.6 is 0 Å². The van der Waals surface area contributed by atoms with E-state index < -0.39 is 5.97 Å². The van der Waals surface area contributed by atoms with E-state index in [0.29, 0.717) is 5.92 Å². The van der Waals surface area contributed by atoms with Crippen LogP contribution in [0.15, 0.2) is 42.5 Å². The minimum Gasteiger partial charge on any atom is -0.493 e. The molecule has 2 aromatic carbocycles. The molecule has 2 atom stereocenters. The number of nitrogens with two attached hydrogens (primary N) is 1. The molecule has 1 aliphatic rings. The van der Waals surface area contributed by atoms with Gasteiger partial charge in [0.25, 0.3) is 0 Å². The first kappa shape index (κ1) is 24.8. The molecule has 1 heterocycles. The smallest absolute Gasteiger partial charge is 0.306 e. The lowest BCUT2D eigenvalue weighted by molar-refractivity contribution is -0.137. The van der Waals surface area contributed by atoms with Crippen LogP contribution in [0.2, 0.25) is 0 Å². The minimum absolute atomic E-state index is 0.0177. The zero-order valence-electron chi connectivity index (χ0n) is 20.8. The number of ether oxygens (including phenoxy) is 1. The van der Waals surface area contributed by atoms with Crippen LogP contribution in [0.25, 0.3) is 16.6 Å². The number of primary amides is 1. The van der Waals surface area contributed by atoms with Crippen molar-refractivity contribution < 1.29 is 19.4 Å². The molecule has 186 valence electrons. The number of aliphatic carboxylic acids is 1. The summed E-state index contributed by atoms with van der Waals surface area (Å²) in [6, 6.07) is 14.9. The maximum absolute atomic E-state index is 11.5. The predicted octanol–water partition coefficient (Wildman–Crippen LogP) is 5.76. The summed E-state index contributed by atoms with van der Waals surface area (Å²) in [5, 5.41) is 10.2. The quantitative estimate of drug-likeness (QED) is 0.368. The molecule has 0 aliphatic heterocycles. The average molecular weight is 477 g/mol. The van der Waals surface area contributed by atoms with Crippen molar-refractivity contribution in [1.29, 1.82) is 0 Å².